The zero-order valence-corrected chi connectivity index (χ0v) is 15.4. The average molecular weight is 364 g/mol. The molecule has 1 aliphatic rings. The van der Waals surface area contributed by atoms with Gasteiger partial charge >= 0.3 is 0 Å². The number of anilines is 1. The van der Waals surface area contributed by atoms with Crippen LogP contribution in [0.5, 0.6) is 0 Å². The van der Waals surface area contributed by atoms with Gasteiger partial charge in [-0.3, -0.25) is 0 Å². The zero-order valence-electron chi connectivity index (χ0n) is 15.4. The minimum atomic E-state index is -1.66. The number of halogens is 1. The van der Waals surface area contributed by atoms with E-state index in [9.17, 15) is 5.11 Å². The van der Waals surface area contributed by atoms with Gasteiger partial charge in [0.05, 0.1) is 24.0 Å². The molecule has 138 valence electrons. The molecule has 4 rings (SSSR count). The average Bonchev–Trinajstić information content (AvgIpc) is 3.25. The van der Waals surface area contributed by atoms with Gasteiger partial charge in [0.15, 0.2) is 11.3 Å². The summed E-state index contributed by atoms with van der Waals surface area (Å²) >= 11 is 0. The highest BCUT2D eigenvalue weighted by atomic mass is 19.1. The number of imidazole rings is 1. The van der Waals surface area contributed by atoms with Gasteiger partial charge < -0.3 is 10.0 Å². The maximum atomic E-state index is 15.1. The van der Waals surface area contributed by atoms with E-state index in [1.165, 1.54) is 13.8 Å². The Labute approximate surface area is 157 Å². The van der Waals surface area contributed by atoms with Crippen molar-refractivity contribution in [1.82, 2.24) is 14.6 Å². The van der Waals surface area contributed by atoms with Crippen molar-refractivity contribution in [2.75, 3.05) is 18.0 Å². The Bertz CT molecular complexity index is 1050. The van der Waals surface area contributed by atoms with E-state index >= 15 is 4.39 Å². The summed E-state index contributed by atoms with van der Waals surface area (Å²) in [5.41, 5.74) is 0.153. The first-order valence-corrected chi connectivity index (χ1v) is 8.89. The lowest BCUT2D eigenvalue weighted by atomic mass is 9.87. The molecule has 1 unspecified atom stereocenters. The van der Waals surface area contributed by atoms with Gasteiger partial charge in [-0.05, 0) is 38.1 Å². The molecule has 0 bridgehead atoms. The summed E-state index contributed by atoms with van der Waals surface area (Å²) in [6.07, 6.45) is 7.51. The second-order valence-electron chi connectivity index (χ2n) is 7.53. The quantitative estimate of drug-likeness (QED) is 0.726. The van der Waals surface area contributed by atoms with Crippen LogP contribution in [0.25, 0.3) is 16.9 Å². The molecule has 1 saturated heterocycles. The highest BCUT2D eigenvalue weighted by molar-refractivity contribution is 5.65. The van der Waals surface area contributed by atoms with E-state index in [1.807, 2.05) is 41.3 Å². The zero-order chi connectivity index (χ0) is 19.2. The molecule has 3 heterocycles. The highest BCUT2D eigenvalue weighted by Gasteiger charge is 2.49. The molecule has 1 aromatic carbocycles. The highest BCUT2D eigenvalue weighted by Crippen LogP contribution is 2.37. The van der Waals surface area contributed by atoms with Crippen LogP contribution in [-0.2, 0) is 0 Å². The second-order valence-corrected chi connectivity index (χ2v) is 7.53. The first-order chi connectivity index (χ1) is 12.8. The molecule has 0 radical (unpaired) electrons. The first-order valence-electron chi connectivity index (χ1n) is 8.89. The van der Waals surface area contributed by atoms with E-state index in [4.69, 9.17) is 6.42 Å². The van der Waals surface area contributed by atoms with E-state index in [0.717, 1.165) is 16.8 Å². The number of benzene rings is 1. The normalized spacial score (nSPS) is 20.2. The van der Waals surface area contributed by atoms with Crippen molar-refractivity contribution in [2.45, 2.75) is 31.5 Å². The number of terminal acetylenes is 1. The molecule has 1 N–H and O–H groups in total. The van der Waals surface area contributed by atoms with E-state index < -0.39 is 11.3 Å². The van der Waals surface area contributed by atoms with Crippen LogP contribution in [0.15, 0.2) is 42.6 Å². The summed E-state index contributed by atoms with van der Waals surface area (Å²) < 4.78 is 16.8. The van der Waals surface area contributed by atoms with Crippen molar-refractivity contribution in [3.8, 4) is 23.6 Å². The molecule has 0 amide bonds. The van der Waals surface area contributed by atoms with Crippen molar-refractivity contribution in [2.24, 2.45) is 0 Å². The van der Waals surface area contributed by atoms with Crippen LogP contribution < -0.4 is 4.90 Å². The predicted molar refractivity (Wildman–Crippen MR) is 103 cm³/mol. The monoisotopic (exact) mass is 364 g/mol. The smallest absolute Gasteiger partial charge is 0.157 e. The molecule has 2 aromatic heterocycles. The molecular formula is C21H21FN4O. The van der Waals surface area contributed by atoms with E-state index in [0.29, 0.717) is 18.0 Å². The fourth-order valence-corrected chi connectivity index (χ4v) is 3.47. The van der Waals surface area contributed by atoms with E-state index in [2.05, 4.69) is 16.0 Å². The standard InChI is InChI=1S/C21H21FN4O/c1-4-15-6-5-7-16(12-15)17-13-23-18-8-9-19(24-26(17)18)25-11-10-21(22,14-25)20(2,3)27/h1,5-9,12-13,27H,10-11,14H2,2-3H3. The number of alkyl halides is 1. The molecule has 1 aliphatic heterocycles. The third-order valence-electron chi connectivity index (χ3n) is 5.31. The summed E-state index contributed by atoms with van der Waals surface area (Å²) in [5.74, 6) is 3.28. The van der Waals surface area contributed by atoms with E-state index in [1.54, 1.807) is 10.7 Å². The fraction of sp³-hybridized carbons (Fsp3) is 0.333. The van der Waals surface area contributed by atoms with Crippen molar-refractivity contribution < 1.29 is 9.50 Å². The maximum Gasteiger partial charge on any atom is 0.157 e. The lowest BCUT2D eigenvalue weighted by Gasteiger charge is -2.32. The molecule has 6 heteroatoms. The number of aliphatic hydroxyl groups is 1. The van der Waals surface area contributed by atoms with Gasteiger partial charge in [0, 0.05) is 24.1 Å². The van der Waals surface area contributed by atoms with Crippen molar-refractivity contribution in [3.05, 3.63) is 48.2 Å². The van der Waals surface area contributed by atoms with Gasteiger partial charge in [0.1, 0.15) is 5.82 Å². The molecule has 0 aliphatic carbocycles. The van der Waals surface area contributed by atoms with E-state index in [-0.39, 0.29) is 13.0 Å². The number of hydrogen-bond acceptors (Lipinski definition) is 4. The molecule has 1 fully saturated rings. The molecule has 27 heavy (non-hydrogen) atoms. The third kappa shape index (κ3) is 2.94. The Balaban J connectivity index is 1.72. The predicted octanol–water partition coefficient (Wildman–Crippen LogP) is 3.07. The molecule has 3 aromatic rings. The summed E-state index contributed by atoms with van der Waals surface area (Å²) in [7, 11) is 0. The maximum absolute atomic E-state index is 15.1. The topological polar surface area (TPSA) is 53.7 Å². The molecule has 0 spiro atoms. The van der Waals surface area contributed by atoms with Crippen LogP contribution in [0.2, 0.25) is 0 Å². The Kier molecular flexibility index (Phi) is 3.93. The Morgan fingerprint density at radius 1 is 1.30 bits per heavy atom. The van der Waals surface area contributed by atoms with Crippen LogP contribution >= 0.6 is 0 Å². The van der Waals surface area contributed by atoms with Gasteiger partial charge in [0.2, 0.25) is 0 Å². The van der Waals surface area contributed by atoms with Gasteiger partial charge in [-0.1, -0.05) is 18.1 Å². The van der Waals surface area contributed by atoms with Crippen LogP contribution in [-0.4, -0.2) is 44.1 Å². The van der Waals surface area contributed by atoms with Crippen molar-refractivity contribution >= 4 is 11.5 Å². The lowest BCUT2D eigenvalue weighted by molar-refractivity contribution is -0.0649. The Morgan fingerprint density at radius 3 is 2.81 bits per heavy atom. The second kappa shape index (κ2) is 6.07. The fourth-order valence-electron chi connectivity index (χ4n) is 3.47. The summed E-state index contributed by atoms with van der Waals surface area (Å²) in [4.78, 5) is 6.26. The molecular weight excluding hydrogens is 343 g/mol. The minimum Gasteiger partial charge on any atom is -0.387 e. The van der Waals surface area contributed by atoms with Crippen LogP contribution in [0.4, 0.5) is 10.2 Å². The summed E-state index contributed by atoms with van der Waals surface area (Å²) in [6.45, 7) is 3.63. The number of aromatic nitrogens is 3. The van der Waals surface area contributed by atoms with Crippen LogP contribution in [0.3, 0.4) is 0 Å². The number of rotatable bonds is 3. The van der Waals surface area contributed by atoms with Gasteiger partial charge in [0.25, 0.3) is 0 Å². The van der Waals surface area contributed by atoms with Crippen molar-refractivity contribution in [1.29, 1.82) is 0 Å². The van der Waals surface area contributed by atoms with Crippen molar-refractivity contribution in [3.63, 3.8) is 0 Å². The SMILES string of the molecule is C#Cc1cccc(-c2cnc3ccc(N4CCC(F)(C(C)(C)O)C4)nn23)c1. The lowest BCUT2D eigenvalue weighted by Crippen LogP contribution is -2.48. The third-order valence-corrected chi connectivity index (χ3v) is 5.31. The molecule has 1 atom stereocenters. The number of nitrogens with zero attached hydrogens (tertiary/aromatic N) is 4. The Morgan fingerprint density at radius 2 is 2.11 bits per heavy atom. The minimum absolute atomic E-state index is 0.103. The number of hydrogen-bond donors (Lipinski definition) is 1. The number of fused-ring (bicyclic) bond motifs is 1. The molecule has 5 nitrogen and oxygen atoms in total. The first kappa shape index (κ1) is 17.5. The molecule has 0 saturated carbocycles. The van der Waals surface area contributed by atoms with Crippen LogP contribution in [0.1, 0.15) is 25.8 Å². The summed E-state index contributed by atoms with van der Waals surface area (Å²) in [5, 5.41) is 14.8. The largest absolute Gasteiger partial charge is 0.387 e. The summed E-state index contributed by atoms with van der Waals surface area (Å²) in [6, 6.07) is 11.3. The Hall–Kier alpha value is -2.91. The van der Waals surface area contributed by atoms with Gasteiger partial charge in [-0.15, -0.1) is 11.5 Å². The van der Waals surface area contributed by atoms with Crippen LogP contribution in [0, 0.1) is 12.3 Å². The van der Waals surface area contributed by atoms with Gasteiger partial charge in [-0.2, -0.15) is 0 Å². The van der Waals surface area contributed by atoms with Gasteiger partial charge in [-0.25, -0.2) is 13.9 Å².